The summed E-state index contributed by atoms with van der Waals surface area (Å²) in [6, 6.07) is 5.87. The van der Waals surface area contributed by atoms with Crippen LogP contribution in [0.15, 0.2) is 18.2 Å². The Kier molecular flexibility index (Phi) is 2.83. The van der Waals surface area contributed by atoms with Gasteiger partial charge in [-0.15, -0.1) is 0 Å². The molecule has 1 amide bonds. The lowest BCUT2D eigenvalue weighted by Crippen LogP contribution is -2.36. The number of nitrogens with zero attached hydrogens (tertiary/aromatic N) is 1. The lowest BCUT2D eigenvalue weighted by Gasteiger charge is -2.27. The van der Waals surface area contributed by atoms with Crippen molar-refractivity contribution >= 4 is 11.6 Å². The molecule has 4 nitrogen and oxygen atoms in total. The van der Waals surface area contributed by atoms with Gasteiger partial charge in [-0.1, -0.05) is 6.07 Å². The normalized spacial score (nSPS) is 15.5. The number of benzene rings is 1. The standard InChI is InChI=1S/C13H18N2O2/c1-13(2,14)7-9-4-5-11-10(6-9)15(3)12(16)8-17-11/h4-6H,7-8,14H2,1-3H3. The fourth-order valence-electron chi connectivity index (χ4n) is 1.95. The molecular formula is C13H18N2O2. The van der Waals surface area contributed by atoms with Crippen molar-refractivity contribution < 1.29 is 9.53 Å². The largest absolute Gasteiger partial charge is 0.482 e. The molecule has 0 saturated carbocycles. The van der Waals surface area contributed by atoms with Crippen molar-refractivity contribution in [1.29, 1.82) is 0 Å². The first-order valence-electron chi connectivity index (χ1n) is 5.68. The first kappa shape index (κ1) is 11.9. The quantitative estimate of drug-likeness (QED) is 0.839. The molecule has 2 rings (SSSR count). The monoisotopic (exact) mass is 234 g/mol. The highest BCUT2D eigenvalue weighted by atomic mass is 16.5. The van der Waals surface area contributed by atoms with Gasteiger partial charge in [-0.2, -0.15) is 0 Å². The molecule has 1 aliphatic heterocycles. The van der Waals surface area contributed by atoms with E-state index in [1.165, 1.54) is 0 Å². The van der Waals surface area contributed by atoms with Gasteiger partial charge in [0.15, 0.2) is 6.61 Å². The van der Waals surface area contributed by atoms with Crippen LogP contribution in [0.4, 0.5) is 5.69 Å². The number of carbonyl (C=O) groups is 1. The average Bonchev–Trinajstić information content (AvgIpc) is 2.22. The van der Waals surface area contributed by atoms with Gasteiger partial charge in [0, 0.05) is 12.6 Å². The van der Waals surface area contributed by atoms with Gasteiger partial charge in [0.2, 0.25) is 0 Å². The Balaban J connectivity index is 2.32. The number of anilines is 1. The number of rotatable bonds is 2. The third-order valence-corrected chi connectivity index (χ3v) is 2.77. The first-order valence-corrected chi connectivity index (χ1v) is 5.68. The van der Waals surface area contributed by atoms with Gasteiger partial charge in [0.05, 0.1) is 5.69 Å². The Morgan fingerprint density at radius 2 is 2.18 bits per heavy atom. The molecule has 0 atom stereocenters. The van der Waals surface area contributed by atoms with Crippen molar-refractivity contribution in [3.8, 4) is 5.75 Å². The molecule has 4 heteroatoms. The minimum atomic E-state index is -0.258. The van der Waals surface area contributed by atoms with Gasteiger partial charge in [-0.05, 0) is 38.0 Å². The summed E-state index contributed by atoms with van der Waals surface area (Å²) in [4.78, 5) is 13.2. The number of amides is 1. The summed E-state index contributed by atoms with van der Waals surface area (Å²) in [6.45, 7) is 4.08. The molecule has 0 spiro atoms. The molecule has 0 aliphatic carbocycles. The van der Waals surface area contributed by atoms with E-state index in [4.69, 9.17) is 10.5 Å². The summed E-state index contributed by atoms with van der Waals surface area (Å²) in [5, 5.41) is 0. The van der Waals surface area contributed by atoms with Crippen LogP contribution < -0.4 is 15.4 Å². The minimum absolute atomic E-state index is 0.0262. The van der Waals surface area contributed by atoms with Crippen LogP contribution in [0.5, 0.6) is 5.75 Å². The van der Waals surface area contributed by atoms with Crippen LogP contribution in [0.2, 0.25) is 0 Å². The molecule has 0 fully saturated rings. The maximum atomic E-state index is 11.5. The maximum Gasteiger partial charge on any atom is 0.264 e. The summed E-state index contributed by atoms with van der Waals surface area (Å²) in [5.41, 5.74) is 7.67. The zero-order valence-electron chi connectivity index (χ0n) is 10.5. The topological polar surface area (TPSA) is 55.6 Å². The number of hydrogen-bond donors (Lipinski definition) is 1. The Morgan fingerprint density at radius 3 is 2.82 bits per heavy atom. The molecule has 0 saturated heterocycles. The zero-order valence-corrected chi connectivity index (χ0v) is 10.5. The van der Waals surface area contributed by atoms with Crippen LogP contribution in [0, 0.1) is 0 Å². The first-order chi connectivity index (χ1) is 7.87. The lowest BCUT2D eigenvalue weighted by molar-refractivity contribution is -0.120. The van der Waals surface area contributed by atoms with Crippen molar-refractivity contribution in [3.63, 3.8) is 0 Å². The summed E-state index contributed by atoms with van der Waals surface area (Å²) >= 11 is 0. The Bertz CT molecular complexity index is 449. The van der Waals surface area contributed by atoms with Gasteiger partial charge in [-0.3, -0.25) is 4.79 Å². The van der Waals surface area contributed by atoms with E-state index < -0.39 is 0 Å². The predicted octanol–water partition coefficient (Wildman–Crippen LogP) is 1.32. The average molecular weight is 234 g/mol. The Hall–Kier alpha value is -1.55. The third kappa shape index (κ3) is 2.58. The van der Waals surface area contributed by atoms with Crippen molar-refractivity contribution in [1.82, 2.24) is 0 Å². The third-order valence-electron chi connectivity index (χ3n) is 2.77. The van der Waals surface area contributed by atoms with Crippen LogP contribution in [0.3, 0.4) is 0 Å². The molecule has 2 N–H and O–H groups in total. The molecule has 1 aromatic rings. The van der Waals surface area contributed by atoms with Crippen LogP contribution in [-0.2, 0) is 11.2 Å². The van der Waals surface area contributed by atoms with Crippen molar-refractivity contribution in [2.45, 2.75) is 25.8 Å². The van der Waals surface area contributed by atoms with Crippen molar-refractivity contribution in [2.24, 2.45) is 5.73 Å². The molecule has 0 unspecified atom stereocenters. The second-order valence-corrected chi connectivity index (χ2v) is 5.21. The van der Waals surface area contributed by atoms with Gasteiger partial charge < -0.3 is 15.4 Å². The molecule has 92 valence electrons. The second kappa shape index (κ2) is 4.04. The van der Waals surface area contributed by atoms with E-state index >= 15 is 0 Å². The number of nitrogens with two attached hydrogens (primary N) is 1. The maximum absolute atomic E-state index is 11.5. The molecule has 0 aromatic heterocycles. The number of hydrogen-bond acceptors (Lipinski definition) is 3. The van der Waals surface area contributed by atoms with Crippen LogP contribution in [0.1, 0.15) is 19.4 Å². The van der Waals surface area contributed by atoms with Gasteiger partial charge in [0.25, 0.3) is 5.91 Å². The van der Waals surface area contributed by atoms with E-state index in [2.05, 4.69) is 0 Å². The molecule has 17 heavy (non-hydrogen) atoms. The molecule has 0 bridgehead atoms. The molecule has 1 aliphatic rings. The highest BCUT2D eigenvalue weighted by Gasteiger charge is 2.23. The second-order valence-electron chi connectivity index (χ2n) is 5.21. The van der Waals surface area contributed by atoms with Crippen molar-refractivity contribution in [3.05, 3.63) is 23.8 Å². The minimum Gasteiger partial charge on any atom is -0.482 e. The molecular weight excluding hydrogens is 216 g/mol. The summed E-state index contributed by atoms with van der Waals surface area (Å²) in [5.74, 6) is 0.729. The van der Waals surface area contributed by atoms with E-state index in [0.29, 0.717) is 0 Å². The van der Waals surface area contributed by atoms with Crippen LogP contribution >= 0.6 is 0 Å². The zero-order chi connectivity index (χ0) is 12.6. The Morgan fingerprint density at radius 1 is 1.47 bits per heavy atom. The number of carbonyl (C=O) groups excluding carboxylic acids is 1. The van der Waals surface area contributed by atoms with Gasteiger partial charge in [0.1, 0.15) is 5.75 Å². The highest BCUT2D eigenvalue weighted by molar-refractivity contribution is 5.97. The predicted molar refractivity (Wildman–Crippen MR) is 67.3 cm³/mol. The lowest BCUT2D eigenvalue weighted by atomic mass is 9.95. The fraction of sp³-hybridized carbons (Fsp3) is 0.462. The molecule has 1 heterocycles. The summed E-state index contributed by atoms with van der Waals surface area (Å²) < 4.78 is 5.37. The summed E-state index contributed by atoms with van der Waals surface area (Å²) in [6.07, 6.45) is 0.766. The molecule has 0 radical (unpaired) electrons. The highest BCUT2D eigenvalue weighted by Crippen LogP contribution is 2.32. The number of ether oxygens (including phenoxy) is 1. The van der Waals surface area contributed by atoms with Gasteiger partial charge in [-0.25, -0.2) is 0 Å². The van der Waals surface area contributed by atoms with E-state index in [0.717, 1.165) is 23.4 Å². The van der Waals surface area contributed by atoms with Gasteiger partial charge >= 0.3 is 0 Å². The van der Waals surface area contributed by atoms with E-state index in [1.807, 2.05) is 32.0 Å². The van der Waals surface area contributed by atoms with Crippen LogP contribution in [0.25, 0.3) is 0 Å². The smallest absolute Gasteiger partial charge is 0.264 e. The van der Waals surface area contributed by atoms with E-state index in [9.17, 15) is 4.79 Å². The SMILES string of the molecule is CN1C(=O)COc2ccc(CC(C)(C)N)cc21. The van der Waals surface area contributed by atoms with E-state index in [-0.39, 0.29) is 18.1 Å². The number of likely N-dealkylation sites (N-methyl/N-ethyl adjacent to an activating group) is 1. The molecule has 1 aromatic carbocycles. The Labute approximate surface area is 101 Å². The van der Waals surface area contributed by atoms with Crippen LogP contribution in [-0.4, -0.2) is 25.1 Å². The van der Waals surface area contributed by atoms with Crippen molar-refractivity contribution in [2.75, 3.05) is 18.6 Å². The fourth-order valence-corrected chi connectivity index (χ4v) is 1.95. The summed E-state index contributed by atoms with van der Waals surface area (Å²) in [7, 11) is 1.76. The van der Waals surface area contributed by atoms with E-state index in [1.54, 1.807) is 11.9 Å². The number of fused-ring (bicyclic) bond motifs is 1.